The summed E-state index contributed by atoms with van der Waals surface area (Å²) in [5.41, 5.74) is 0.439. The van der Waals surface area contributed by atoms with Crippen LogP contribution in [0.3, 0.4) is 0 Å². The fourth-order valence-corrected chi connectivity index (χ4v) is 10.2. The van der Waals surface area contributed by atoms with E-state index in [0.717, 1.165) is 31.0 Å². The minimum absolute atomic E-state index is 0.0431. The molecule has 2 aliphatic rings. The van der Waals surface area contributed by atoms with Gasteiger partial charge in [-0.15, -0.1) is 0 Å². The highest BCUT2D eigenvalue weighted by molar-refractivity contribution is 7.89. The molecule has 15 heteroatoms. The van der Waals surface area contributed by atoms with Crippen LogP contribution in [0.15, 0.2) is 41.3 Å². The van der Waals surface area contributed by atoms with Gasteiger partial charge in [0.15, 0.2) is 11.4 Å². The number of likely N-dealkylation sites (N-methyl/N-ethyl adjacent to an activating group) is 1. The van der Waals surface area contributed by atoms with Crippen LogP contribution in [-0.4, -0.2) is 91.7 Å². The Morgan fingerprint density at radius 2 is 1.85 bits per heavy atom. The van der Waals surface area contributed by atoms with Crippen molar-refractivity contribution in [3.63, 3.8) is 0 Å². The van der Waals surface area contributed by atoms with Crippen molar-refractivity contribution < 1.29 is 41.3 Å². The zero-order chi connectivity index (χ0) is 37.8. The number of hydrogen-bond donors (Lipinski definition) is 3. The van der Waals surface area contributed by atoms with Crippen LogP contribution in [0.4, 0.5) is 13.9 Å². The van der Waals surface area contributed by atoms with Crippen molar-refractivity contribution in [1.82, 2.24) is 14.6 Å². The number of esters is 1. The maximum atomic E-state index is 14.3. The van der Waals surface area contributed by atoms with Crippen molar-refractivity contribution >= 4 is 42.7 Å². The molecule has 6 atom stereocenters. The highest BCUT2D eigenvalue weighted by atomic mass is 32.2. The summed E-state index contributed by atoms with van der Waals surface area (Å²) < 4.78 is 76.7. The summed E-state index contributed by atoms with van der Waals surface area (Å²) in [5.74, 6) is -3.54. The molecule has 11 nitrogen and oxygen atoms in total. The van der Waals surface area contributed by atoms with Gasteiger partial charge in [0.2, 0.25) is 10.0 Å². The van der Waals surface area contributed by atoms with Crippen molar-refractivity contribution in [2.45, 2.75) is 102 Å². The molecule has 52 heavy (non-hydrogen) atoms. The first-order chi connectivity index (χ1) is 24.6. The Labute approximate surface area is 309 Å². The van der Waals surface area contributed by atoms with Crippen LogP contribution in [0.25, 0.3) is 10.2 Å². The van der Waals surface area contributed by atoms with Crippen LogP contribution in [0.1, 0.15) is 66.4 Å². The standard InChI is InChI=1S/C37H52F2N4O7S2/c1-7-11-37(40-8-2)21-49-35-34(37)31(20-48-35)50-33(45)15-25(12-24-13-26(38)16-27(39)14-24)30(44)19-43(18-22(3)4)52(46,47)28-9-10-29-32(17-28)51-36(42-29)41-23(5)6/h9-10,13-14,16-17,22-23,25,30-31,34-35,40,44H,7-8,11-12,15,18-21H2,1-6H3,(H,41,42)/t25-,30-,31+,34+,35+,37+/m1/s1. The number of aromatic nitrogens is 1. The molecule has 3 aromatic rings. The normalized spacial score (nSPS) is 23.1. The van der Waals surface area contributed by atoms with E-state index in [9.17, 15) is 27.1 Å². The molecule has 0 unspecified atom stereocenters. The van der Waals surface area contributed by atoms with Gasteiger partial charge in [0.1, 0.15) is 17.7 Å². The third kappa shape index (κ3) is 9.46. The second-order valence-corrected chi connectivity index (χ2v) is 17.6. The highest BCUT2D eigenvalue weighted by Crippen LogP contribution is 2.43. The first-order valence-electron chi connectivity index (χ1n) is 18.1. The smallest absolute Gasteiger partial charge is 0.306 e. The maximum Gasteiger partial charge on any atom is 0.306 e. The van der Waals surface area contributed by atoms with E-state index in [1.54, 1.807) is 12.1 Å². The minimum atomic E-state index is -4.14. The van der Waals surface area contributed by atoms with Gasteiger partial charge in [0.05, 0.1) is 52.3 Å². The van der Waals surface area contributed by atoms with Crippen LogP contribution < -0.4 is 10.6 Å². The summed E-state index contributed by atoms with van der Waals surface area (Å²) in [6.45, 7) is 12.8. The number of rotatable bonds is 18. The molecule has 0 saturated carbocycles. The molecule has 1 aromatic heterocycles. The Morgan fingerprint density at radius 1 is 1.12 bits per heavy atom. The molecular formula is C37H52F2N4O7S2. The zero-order valence-corrected chi connectivity index (χ0v) is 32.4. The van der Waals surface area contributed by atoms with Crippen LogP contribution in [0.5, 0.6) is 0 Å². The largest absolute Gasteiger partial charge is 0.459 e. The number of halogens is 2. The number of aliphatic hydroxyl groups excluding tert-OH is 1. The maximum absolute atomic E-state index is 14.3. The Kier molecular flexibility index (Phi) is 13.3. The second-order valence-electron chi connectivity index (χ2n) is 14.7. The Balaban J connectivity index is 1.39. The van der Waals surface area contributed by atoms with Gasteiger partial charge in [-0.05, 0) is 75.0 Å². The van der Waals surface area contributed by atoms with Gasteiger partial charge in [0, 0.05) is 31.1 Å². The molecule has 0 amide bonds. The summed E-state index contributed by atoms with van der Waals surface area (Å²) in [4.78, 5) is 18.3. The molecule has 288 valence electrons. The number of aliphatic hydroxyl groups is 1. The molecule has 0 spiro atoms. The monoisotopic (exact) mass is 766 g/mol. The first-order valence-corrected chi connectivity index (χ1v) is 20.4. The minimum Gasteiger partial charge on any atom is -0.459 e. The summed E-state index contributed by atoms with van der Waals surface area (Å²) in [6, 6.07) is 7.91. The lowest BCUT2D eigenvalue weighted by atomic mass is 9.80. The Hall–Kier alpha value is -2.79. The van der Waals surface area contributed by atoms with E-state index in [2.05, 4.69) is 22.5 Å². The Bertz CT molecular complexity index is 1760. The van der Waals surface area contributed by atoms with E-state index in [1.165, 1.54) is 21.7 Å². The van der Waals surface area contributed by atoms with Gasteiger partial charge in [-0.25, -0.2) is 22.2 Å². The zero-order valence-electron chi connectivity index (χ0n) is 30.7. The van der Waals surface area contributed by atoms with Gasteiger partial charge in [-0.3, -0.25) is 4.79 Å². The number of thiazole rings is 1. The molecule has 5 rings (SSSR count). The fraction of sp³-hybridized carbons (Fsp3) is 0.622. The van der Waals surface area contributed by atoms with Crippen molar-refractivity contribution in [3.8, 4) is 0 Å². The van der Waals surface area contributed by atoms with Gasteiger partial charge in [-0.2, -0.15) is 4.31 Å². The highest BCUT2D eigenvalue weighted by Gasteiger charge is 2.57. The summed E-state index contributed by atoms with van der Waals surface area (Å²) in [7, 11) is -4.14. The van der Waals surface area contributed by atoms with Gasteiger partial charge >= 0.3 is 5.97 Å². The molecule has 2 aliphatic heterocycles. The summed E-state index contributed by atoms with van der Waals surface area (Å²) >= 11 is 1.35. The van der Waals surface area contributed by atoms with Crippen molar-refractivity contribution in [2.24, 2.45) is 17.8 Å². The molecule has 2 saturated heterocycles. The van der Waals surface area contributed by atoms with Crippen LogP contribution in [0.2, 0.25) is 0 Å². The number of hydrogen-bond acceptors (Lipinski definition) is 11. The molecule has 3 heterocycles. The summed E-state index contributed by atoms with van der Waals surface area (Å²) in [6.07, 6.45) is -1.32. The van der Waals surface area contributed by atoms with E-state index < -0.39 is 57.6 Å². The van der Waals surface area contributed by atoms with Gasteiger partial charge in [0.25, 0.3) is 0 Å². The van der Waals surface area contributed by atoms with Crippen molar-refractivity contribution in [3.05, 3.63) is 53.6 Å². The first kappa shape index (κ1) is 40.4. The predicted molar refractivity (Wildman–Crippen MR) is 197 cm³/mol. The van der Waals surface area contributed by atoms with Crippen LogP contribution >= 0.6 is 11.3 Å². The molecule has 0 aliphatic carbocycles. The molecule has 0 radical (unpaired) electrons. The number of nitrogens with zero attached hydrogens (tertiary/aromatic N) is 2. The van der Waals surface area contributed by atoms with E-state index in [-0.39, 0.29) is 60.9 Å². The number of anilines is 1. The number of ether oxygens (including phenoxy) is 3. The quantitative estimate of drug-likeness (QED) is 0.138. The average Bonchev–Trinajstić information content (AvgIpc) is 3.74. The van der Waals surface area contributed by atoms with Gasteiger partial charge < -0.3 is 30.0 Å². The van der Waals surface area contributed by atoms with E-state index in [1.807, 2.05) is 34.6 Å². The average molecular weight is 767 g/mol. The lowest BCUT2D eigenvalue weighted by Crippen LogP contribution is -2.55. The number of carbonyl (C=O) groups excluding carboxylic acids is 1. The molecular weight excluding hydrogens is 715 g/mol. The number of carbonyl (C=O) groups is 1. The molecule has 3 N–H and O–H groups in total. The van der Waals surface area contributed by atoms with Gasteiger partial charge in [-0.1, -0.05) is 45.5 Å². The topological polar surface area (TPSA) is 139 Å². The number of nitrogens with one attached hydrogen (secondary N) is 2. The predicted octanol–water partition coefficient (Wildman–Crippen LogP) is 5.71. The third-order valence-electron chi connectivity index (χ3n) is 9.53. The van der Waals surface area contributed by atoms with E-state index >= 15 is 0 Å². The molecule has 2 aromatic carbocycles. The van der Waals surface area contributed by atoms with Crippen LogP contribution in [0, 0.1) is 29.4 Å². The fourth-order valence-electron chi connectivity index (χ4n) is 7.43. The Morgan fingerprint density at radius 3 is 2.50 bits per heavy atom. The second kappa shape index (κ2) is 17.1. The molecule has 0 bridgehead atoms. The van der Waals surface area contributed by atoms with Crippen molar-refractivity contribution in [2.75, 3.05) is 38.2 Å². The number of fused-ring (bicyclic) bond motifs is 2. The number of sulfonamides is 1. The van der Waals surface area contributed by atoms with E-state index in [4.69, 9.17) is 14.2 Å². The lowest BCUT2D eigenvalue weighted by Gasteiger charge is -2.36. The SMILES string of the molecule is CCC[C@]1(NCC)CO[C@@H]2OC[C@H](OC(=O)C[C@@H](Cc3cc(F)cc(F)c3)[C@H](O)CN(CC(C)C)S(=O)(=O)c3ccc4nc(NC(C)C)sc4c3)[C@@H]21. The number of benzene rings is 2. The van der Waals surface area contributed by atoms with E-state index in [0.29, 0.717) is 28.5 Å². The van der Waals surface area contributed by atoms with Crippen molar-refractivity contribution in [1.29, 1.82) is 0 Å². The third-order valence-corrected chi connectivity index (χ3v) is 12.3. The van der Waals surface area contributed by atoms with Crippen LogP contribution in [-0.2, 0) is 35.4 Å². The lowest BCUT2D eigenvalue weighted by molar-refractivity contribution is -0.154. The summed E-state index contributed by atoms with van der Waals surface area (Å²) in [5, 5.41) is 19.2. The molecule has 2 fully saturated rings.